The van der Waals surface area contributed by atoms with Crippen molar-refractivity contribution in [3.05, 3.63) is 47.5 Å². The van der Waals surface area contributed by atoms with E-state index < -0.39 is 6.10 Å². The molecule has 1 aromatic carbocycles. The Labute approximate surface area is 122 Å². The van der Waals surface area contributed by atoms with Crippen LogP contribution in [0, 0.1) is 0 Å². The number of nitrogens with zero attached hydrogens (tertiary/aromatic N) is 1. The maximum atomic E-state index is 12.1. The van der Waals surface area contributed by atoms with E-state index in [1.54, 1.807) is 24.5 Å². The molecule has 6 heteroatoms. The quantitative estimate of drug-likeness (QED) is 0.860. The van der Waals surface area contributed by atoms with Gasteiger partial charge in [0.05, 0.1) is 11.6 Å². The van der Waals surface area contributed by atoms with Crippen LogP contribution in [0.1, 0.15) is 19.2 Å². The molecule has 106 valence electrons. The van der Waals surface area contributed by atoms with Gasteiger partial charge in [0.15, 0.2) is 6.10 Å². The van der Waals surface area contributed by atoms with Gasteiger partial charge in [-0.05, 0) is 18.6 Å². The third-order valence-electron chi connectivity index (χ3n) is 2.75. The summed E-state index contributed by atoms with van der Waals surface area (Å²) in [5.74, 6) is 1.02. The lowest BCUT2D eigenvalue weighted by atomic mass is 10.2. The van der Waals surface area contributed by atoms with Gasteiger partial charge in [0, 0.05) is 12.4 Å². The number of imidazole rings is 1. The van der Waals surface area contributed by atoms with Crippen LogP contribution in [0.2, 0.25) is 5.02 Å². The second-order valence-corrected chi connectivity index (χ2v) is 4.61. The second-order valence-electron chi connectivity index (χ2n) is 4.20. The Hall–Kier alpha value is -2.01. The molecule has 1 unspecified atom stereocenters. The Morgan fingerprint density at radius 3 is 2.95 bits per heavy atom. The number of aromatic nitrogens is 2. The highest BCUT2D eigenvalue weighted by Gasteiger charge is 2.19. The van der Waals surface area contributed by atoms with E-state index in [1.165, 1.54) is 0 Å². The zero-order chi connectivity index (χ0) is 14.4. The predicted octanol–water partition coefficient (Wildman–Crippen LogP) is 2.54. The number of amides is 1. The van der Waals surface area contributed by atoms with E-state index in [0.29, 0.717) is 29.6 Å². The van der Waals surface area contributed by atoms with Gasteiger partial charge in [0.1, 0.15) is 11.6 Å². The molecule has 0 aliphatic rings. The van der Waals surface area contributed by atoms with E-state index in [2.05, 4.69) is 15.3 Å². The zero-order valence-corrected chi connectivity index (χ0v) is 11.9. The van der Waals surface area contributed by atoms with E-state index in [9.17, 15) is 4.79 Å². The summed E-state index contributed by atoms with van der Waals surface area (Å²) in [4.78, 5) is 19.0. The normalized spacial score (nSPS) is 11.9. The third kappa shape index (κ3) is 3.74. The molecule has 2 N–H and O–H groups in total. The van der Waals surface area contributed by atoms with Crippen molar-refractivity contribution in [1.29, 1.82) is 0 Å². The SMILES string of the molecule is CCC(Oc1ccccc1Cl)C(=O)NCc1ncc[nH]1. The molecule has 20 heavy (non-hydrogen) atoms. The number of H-pyrrole nitrogens is 1. The highest BCUT2D eigenvalue weighted by Crippen LogP contribution is 2.24. The van der Waals surface area contributed by atoms with Crippen LogP contribution in [-0.2, 0) is 11.3 Å². The highest BCUT2D eigenvalue weighted by atomic mass is 35.5. The first-order valence-electron chi connectivity index (χ1n) is 6.38. The van der Waals surface area contributed by atoms with Crippen LogP contribution in [-0.4, -0.2) is 22.0 Å². The third-order valence-corrected chi connectivity index (χ3v) is 3.07. The fraction of sp³-hybridized carbons (Fsp3) is 0.286. The molecule has 2 rings (SSSR count). The maximum Gasteiger partial charge on any atom is 0.261 e. The fourth-order valence-electron chi connectivity index (χ4n) is 1.70. The largest absolute Gasteiger partial charge is 0.479 e. The molecule has 0 fully saturated rings. The van der Waals surface area contributed by atoms with Crippen molar-refractivity contribution >= 4 is 17.5 Å². The Balaban J connectivity index is 1.94. The van der Waals surface area contributed by atoms with Crippen molar-refractivity contribution in [2.75, 3.05) is 0 Å². The summed E-state index contributed by atoms with van der Waals surface area (Å²) in [7, 11) is 0. The first-order chi connectivity index (χ1) is 9.70. The first-order valence-corrected chi connectivity index (χ1v) is 6.75. The summed E-state index contributed by atoms with van der Waals surface area (Å²) in [6.45, 7) is 2.22. The van der Waals surface area contributed by atoms with Crippen molar-refractivity contribution in [2.24, 2.45) is 0 Å². The van der Waals surface area contributed by atoms with Gasteiger partial charge in [-0.25, -0.2) is 4.98 Å². The van der Waals surface area contributed by atoms with Crippen LogP contribution < -0.4 is 10.1 Å². The lowest BCUT2D eigenvalue weighted by Crippen LogP contribution is -2.37. The minimum atomic E-state index is -0.579. The van der Waals surface area contributed by atoms with Crippen LogP contribution >= 0.6 is 11.6 Å². The summed E-state index contributed by atoms with van der Waals surface area (Å²) in [5.41, 5.74) is 0. The zero-order valence-electron chi connectivity index (χ0n) is 11.1. The van der Waals surface area contributed by atoms with E-state index >= 15 is 0 Å². The molecule has 0 aliphatic carbocycles. The summed E-state index contributed by atoms with van der Waals surface area (Å²) >= 11 is 6.02. The van der Waals surface area contributed by atoms with Gasteiger partial charge >= 0.3 is 0 Å². The molecule has 1 amide bonds. The average Bonchev–Trinajstić information content (AvgIpc) is 2.97. The Kier molecular flexibility index (Phi) is 5.01. The number of carbonyl (C=O) groups is 1. The fourth-order valence-corrected chi connectivity index (χ4v) is 1.88. The maximum absolute atomic E-state index is 12.1. The van der Waals surface area contributed by atoms with Crippen molar-refractivity contribution in [2.45, 2.75) is 26.0 Å². The van der Waals surface area contributed by atoms with Gasteiger partial charge in [-0.3, -0.25) is 4.79 Å². The molecule has 2 aromatic rings. The minimum absolute atomic E-state index is 0.191. The highest BCUT2D eigenvalue weighted by molar-refractivity contribution is 6.32. The molecule has 0 saturated heterocycles. The predicted molar refractivity (Wildman–Crippen MR) is 76.6 cm³/mol. The number of ether oxygens (including phenoxy) is 1. The lowest BCUT2D eigenvalue weighted by Gasteiger charge is -2.17. The minimum Gasteiger partial charge on any atom is -0.479 e. The molecule has 1 atom stereocenters. The number of carbonyl (C=O) groups excluding carboxylic acids is 1. The van der Waals surface area contributed by atoms with Crippen LogP contribution in [0.3, 0.4) is 0 Å². The van der Waals surface area contributed by atoms with E-state index in [1.807, 2.05) is 19.1 Å². The van der Waals surface area contributed by atoms with Crippen LogP contribution in [0.4, 0.5) is 0 Å². The van der Waals surface area contributed by atoms with Crippen molar-refractivity contribution in [3.63, 3.8) is 0 Å². The number of para-hydroxylation sites is 1. The van der Waals surface area contributed by atoms with Crippen LogP contribution in [0.25, 0.3) is 0 Å². The molecule has 0 spiro atoms. The monoisotopic (exact) mass is 293 g/mol. The Bertz CT molecular complexity index is 557. The number of hydrogen-bond acceptors (Lipinski definition) is 3. The molecule has 0 radical (unpaired) electrons. The van der Waals surface area contributed by atoms with Gasteiger partial charge in [0.2, 0.25) is 0 Å². The van der Waals surface area contributed by atoms with E-state index in [0.717, 1.165) is 0 Å². The second kappa shape index (κ2) is 6.96. The number of nitrogens with one attached hydrogen (secondary N) is 2. The smallest absolute Gasteiger partial charge is 0.261 e. The first kappa shape index (κ1) is 14.4. The molecule has 1 heterocycles. The topological polar surface area (TPSA) is 67.0 Å². The Morgan fingerprint density at radius 2 is 2.30 bits per heavy atom. The number of benzene rings is 1. The van der Waals surface area contributed by atoms with Gasteiger partial charge in [-0.2, -0.15) is 0 Å². The number of hydrogen-bond donors (Lipinski definition) is 2. The summed E-state index contributed by atoms with van der Waals surface area (Å²) in [6, 6.07) is 7.09. The lowest BCUT2D eigenvalue weighted by molar-refractivity contribution is -0.128. The summed E-state index contributed by atoms with van der Waals surface area (Å²) in [6.07, 6.45) is 3.32. The molecule has 0 bridgehead atoms. The standard InChI is InChI=1S/C14H16ClN3O2/c1-2-11(20-12-6-4-3-5-10(12)15)14(19)18-9-13-16-7-8-17-13/h3-8,11H,2,9H2,1H3,(H,16,17)(H,18,19). The molecule has 1 aromatic heterocycles. The van der Waals surface area contributed by atoms with Crippen molar-refractivity contribution in [3.8, 4) is 5.75 Å². The van der Waals surface area contributed by atoms with Gasteiger partial charge < -0.3 is 15.0 Å². The number of halogens is 1. The summed E-state index contributed by atoms with van der Waals surface area (Å²) < 4.78 is 5.65. The van der Waals surface area contributed by atoms with Gasteiger partial charge in [-0.15, -0.1) is 0 Å². The van der Waals surface area contributed by atoms with Gasteiger partial charge in [0.25, 0.3) is 5.91 Å². The summed E-state index contributed by atoms with van der Waals surface area (Å²) in [5, 5.41) is 3.27. The molecule has 0 aliphatic heterocycles. The van der Waals surface area contributed by atoms with E-state index in [-0.39, 0.29) is 5.91 Å². The molecular formula is C14H16ClN3O2. The van der Waals surface area contributed by atoms with E-state index in [4.69, 9.17) is 16.3 Å². The molecule has 5 nitrogen and oxygen atoms in total. The molecular weight excluding hydrogens is 278 g/mol. The van der Waals surface area contributed by atoms with Crippen LogP contribution in [0.5, 0.6) is 5.75 Å². The Morgan fingerprint density at radius 1 is 1.50 bits per heavy atom. The molecule has 0 saturated carbocycles. The van der Waals surface area contributed by atoms with Gasteiger partial charge in [-0.1, -0.05) is 30.7 Å². The number of aromatic amines is 1. The average molecular weight is 294 g/mol. The van der Waals surface area contributed by atoms with Crippen LogP contribution in [0.15, 0.2) is 36.7 Å². The van der Waals surface area contributed by atoms with Crippen molar-refractivity contribution in [1.82, 2.24) is 15.3 Å². The number of rotatable bonds is 6. The van der Waals surface area contributed by atoms with Crippen molar-refractivity contribution < 1.29 is 9.53 Å².